The second kappa shape index (κ2) is 9.40. The fourth-order valence-corrected chi connectivity index (χ4v) is 1.84. The molecule has 0 saturated carbocycles. The lowest BCUT2D eigenvalue weighted by atomic mass is 10.2. The van der Waals surface area contributed by atoms with Gasteiger partial charge in [0.1, 0.15) is 12.4 Å². The Labute approximate surface area is 128 Å². The molecular formula is C17H27NO3. The molecule has 0 heterocycles. The minimum absolute atomic E-state index is 0.280. The Morgan fingerprint density at radius 1 is 1.14 bits per heavy atom. The summed E-state index contributed by atoms with van der Waals surface area (Å²) in [6, 6.07) is 7.11. The fraction of sp³-hybridized carbons (Fsp3) is 0.588. The van der Waals surface area contributed by atoms with E-state index in [1.54, 1.807) is 12.1 Å². The van der Waals surface area contributed by atoms with Crippen LogP contribution in [0.3, 0.4) is 0 Å². The minimum Gasteiger partial charge on any atom is -0.493 e. The van der Waals surface area contributed by atoms with Gasteiger partial charge in [0.2, 0.25) is 0 Å². The third-order valence-corrected chi connectivity index (χ3v) is 3.21. The number of rotatable bonds is 9. The van der Waals surface area contributed by atoms with E-state index >= 15 is 0 Å². The zero-order chi connectivity index (χ0) is 15.7. The van der Waals surface area contributed by atoms with E-state index in [-0.39, 0.29) is 5.97 Å². The first-order valence-corrected chi connectivity index (χ1v) is 7.69. The molecule has 0 saturated heterocycles. The standard InChI is InChI=1S/C17H27NO3/c1-5-18(6-2)11-12-20-17(19)15-7-9-16(10-8-15)21-13-14(3)4/h7-10,14H,5-6,11-13H2,1-4H3. The zero-order valence-electron chi connectivity index (χ0n) is 13.6. The van der Waals surface area contributed by atoms with Crippen LogP contribution in [0.2, 0.25) is 0 Å². The Hall–Kier alpha value is -1.55. The summed E-state index contributed by atoms with van der Waals surface area (Å²) in [6.07, 6.45) is 0. The van der Waals surface area contributed by atoms with E-state index in [4.69, 9.17) is 9.47 Å². The quantitative estimate of drug-likeness (QED) is 0.655. The molecule has 0 aliphatic carbocycles. The molecular weight excluding hydrogens is 266 g/mol. The second-order valence-electron chi connectivity index (χ2n) is 5.39. The summed E-state index contributed by atoms with van der Waals surface area (Å²) in [5, 5.41) is 0. The van der Waals surface area contributed by atoms with Gasteiger partial charge in [-0.2, -0.15) is 0 Å². The van der Waals surface area contributed by atoms with E-state index in [0.29, 0.717) is 24.7 Å². The van der Waals surface area contributed by atoms with Gasteiger partial charge < -0.3 is 14.4 Å². The number of hydrogen-bond acceptors (Lipinski definition) is 4. The van der Waals surface area contributed by atoms with E-state index < -0.39 is 0 Å². The van der Waals surface area contributed by atoms with E-state index in [2.05, 4.69) is 32.6 Å². The first-order chi connectivity index (χ1) is 10.1. The third-order valence-electron chi connectivity index (χ3n) is 3.21. The molecule has 4 nitrogen and oxygen atoms in total. The molecule has 0 fully saturated rings. The number of hydrogen-bond donors (Lipinski definition) is 0. The lowest BCUT2D eigenvalue weighted by Gasteiger charge is -2.17. The molecule has 0 radical (unpaired) electrons. The van der Waals surface area contributed by atoms with Crippen molar-refractivity contribution in [2.45, 2.75) is 27.7 Å². The normalized spacial score (nSPS) is 11.0. The fourth-order valence-electron chi connectivity index (χ4n) is 1.84. The van der Waals surface area contributed by atoms with Gasteiger partial charge in [-0.05, 0) is 43.3 Å². The number of carbonyl (C=O) groups excluding carboxylic acids is 1. The smallest absolute Gasteiger partial charge is 0.338 e. The van der Waals surface area contributed by atoms with Crippen LogP contribution in [0.15, 0.2) is 24.3 Å². The van der Waals surface area contributed by atoms with E-state index in [1.165, 1.54) is 0 Å². The van der Waals surface area contributed by atoms with Gasteiger partial charge in [-0.3, -0.25) is 0 Å². The largest absolute Gasteiger partial charge is 0.493 e. The molecule has 0 amide bonds. The summed E-state index contributed by atoms with van der Waals surface area (Å²) < 4.78 is 10.9. The molecule has 0 N–H and O–H groups in total. The lowest BCUT2D eigenvalue weighted by Crippen LogP contribution is -2.27. The van der Waals surface area contributed by atoms with Crippen molar-refractivity contribution < 1.29 is 14.3 Å². The summed E-state index contributed by atoms with van der Waals surface area (Å²) >= 11 is 0. The van der Waals surface area contributed by atoms with Gasteiger partial charge in [0.15, 0.2) is 0 Å². The maximum Gasteiger partial charge on any atom is 0.338 e. The summed E-state index contributed by atoms with van der Waals surface area (Å²) in [4.78, 5) is 14.1. The Morgan fingerprint density at radius 3 is 2.29 bits per heavy atom. The first kappa shape index (κ1) is 17.5. The predicted octanol–water partition coefficient (Wildman–Crippen LogP) is 3.22. The molecule has 118 valence electrons. The van der Waals surface area contributed by atoms with E-state index in [0.717, 1.165) is 25.4 Å². The van der Waals surface area contributed by atoms with Gasteiger partial charge in [0.05, 0.1) is 12.2 Å². The SMILES string of the molecule is CCN(CC)CCOC(=O)c1ccc(OCC(C)C)cc1. The van der Waals surface area contributed by atoms with Crippen molar-refractivity contribution in [1.29, 1.82) is 0 Å². The van der Waals surface area contributed by atoms with Crippen molar-refractivity contribution in [2.75, 3.05) is 32.8 Å². The Morgan fingerprint density at radius 2 is 1.76 bits per heavy atom. The zero-order valence-corrected chi connectivity index (χ0v) is 13.6. The van der Waals surface area contributed by atoms with Crippen LogP contribution in [0.5, 0.6) is 5.75 Å². The highest BCUT2D eigenvalue weighted by molar-refractivity contribution is 5.89. The maximum atomic E-state index is 11.9. The molecule has 1 aromatic carbocycles. The number of benzene rings is 1. The van der Waals surface area contributed by atoms with Crippen LogP contribution >= 0.6 is 0 Å². The average Bonchev–Trinajstić information content (AvgIpc) is 2.50. The highest BCUT2D eigenvalue weighted by atomic mass is 16.5. The Bertz CT molecular complexity index is 411. The molecule has 0 spiro atoms. The minimum atomic E-state index is -0.280. The van der Waals surface area contributed by atoms with Crippen molar-refractivity contribution in [3.05, 3.63) is 29.8 Å². The van der Waals surface area contributed by atoms with Gasteiger partial charge in [-0.25, -0.2) is 4.79 Å². The number of carbonyl (C=O) groups is 1. The van der Waals surface area contributed by atoms with Crippen LogP contribution in [0, 0.1) is 5.92 Å². The van der Waals surface area contributed by atoms with Gasteiger partial charge in [0.25, 0.3) is 0 Å². The number of ether oxygens (including phenoxy) is 2. The number of esters is 1. The molecule has 1 aromatic rings. The topological polar surface area (TPSA) is 38.8 Å². The first-order valence-electron chi connectivity index (χ1n) is 7.69. The predicted molar refractivity (Wildman–Crippen MR) is 84.8 cm³/mol. The van der Waals surface area contributed by atoms with Crippen LogP contribution < -0.4 is 4.74 Å². The van der Waals surface area contributed by atoms with Crippen LogP contribution in [0.1, 0.15) is 38.1 Å². The van der Waals surface area contributed by atoms with Crippen LogP contribution in [0.4, 0.5) is 0 Å². The van der Waals surface area contributed by atoms with Crippen molar-refractivity contribution in [3.8, 4) is 5.75 Å². The third kappa shape index (κ3) is 6.63. The lowest BCUT2D eigenvalue weighted by molar-refractivity contribution is 0.0466. The maximum absolute atomic E-state index is 11.9. The monoisotopic (exact) mass is 293 g/mol. The summed E-state index contributed by atoms with van der Waals surface area (Å²) in [5.41, 5.74) is 0.562. The molecule has 0 aliphatic rings. The van der Waals surface area contributed by atoms with Crippen LogP contribution in [-0.2, 0) is 4.74 Å². The summed E-state index contributed by atoms with van der Waals surface area (Å²) in [5.74, 6) is 0.982. The highest BCUT2D eigenvalue weighted by Gasteiger charge is 2.08. The van der Waals surface area contributed by atoms with Gasteiger partial charge in [0, 0.05) is 6.54 Å². The molecule has 0 atom stereocenters. The number of nitrogens with zero attached hydrogens (tertiary/aromatic N) is 1. The summed E-state index contributed by atoms with van der Waals surface area (Å²) in [7, 11) is 0. The van der Waals surface area contributed by atoms with Gasteiger partial charge >= 0.3 is 5.97 Å². The average molecular weight is 293 g/mol. The van der Waals surface area contributed by atoms with Gasteiger partial charge in [-0.1, -0.05) is 27.7 Å². The van der Waals surface area contributed by atoms with Crippen molar-refractivity contribution in [3.63, 3.8) is 0 Å². The van der Waals surface area contributed by atoms with Crippen molar-refractivity contribution >= 4 is 5.97 Å². The van der Waals surface area contributed by atoms with Crippen LogP contribution in [-0.4, -0.2) is 43.7 Å². The Balaban J connectivity index is 2.40. The molecule has 21 heavy (non-hydrogen) atoms. The Kier molecular flexibility index (Phi) is 7.83. The molecule has 1 rings (SSSR count). The highest BCUT2D eigenvalue weighted by Crippen LogP contribution is 2.14. The molecule has 0 aliphatic heterocycles. The molecule has 0 unspecified atom stereocenters. The number of likely N-dealkylation sites (N-methyl/N-ethyl adjacent to an activating group) is 1. The second-order valence-corrected chi connectivity index (χ2v) is 5.39. The van der Waals surface area contributed by atoms with Crippen molar-refractivity contribution in [2.24, 2.45) is 5.92 Å². The molecule has 0 aromatic heterocycles. The van der Waals surface area contributed by atoms with E-state index in [9.17, 15) is 4.79 Å². The van der Waals surface area contributed by atoms with Crippen LogP contribution in [0.25, 0.3) is 0 Å². The summed E-state index contributed by atoms with van der Waals surface area (Å²) in [6.45, 7) is 12.2. The van der Waals surface area contributed by atoms with E-state index in [1.807, 2.05) is 12.1 Å². The van der Waals surface area contributed by atoms with Crippen molar-refractivity contribution in [1.82, 2.24) is 4.90 Å². The molecule has 0 bridgehead atoms. The van der Waals surface area contributed by atoms with Gasteiger partial charge in [-0.15, -0.1) is 0 Å². The molecule has 4 heteroatoms.